The Kier molecular flexibility index (Phi) is 7.71. The second-order valence-electron chi connectivity index (χ2n) is 8.45. The summed E-state index contributed by atoms with van der Waals surface area (Å²) in [6.45, 7) is 2.80. The Morgan fingerprint density at radius 3 is 2.32 bits per heavy atom. The summed E-state index contributed by atoms with van der Waals surface area (Å²) in [5, 5.41) is 9.92. The van der Waals surface area contributed by atoms with E-state index in [1.54, 1.807) is 6.08 Å². The zero-order chi connectivity index (χ0) is 23.8. The van der Waals surface area contributed by atoms with E-state index in [-0.39, 0.29) is 0 Å². The van der Waals surface area contributed by atoms with E-state index in [0.717, 1.165) is 36.3 Å². The first-order valence-corrected chi connectivity index (χ1v) is 11.8. The molecule has 34 heavy (non-hydrogen) atoms. The maximum atomic E-state index is 12.1. The van der Waals surface area contributed by atoms with Gasteiger partial charge in [0, 0.05) is 25.0 Å². The molecule has 3 aromatic carbocycles. The van der Waals surface area contributed by atoms with Crippen LogP contribution in [0, 0.1) is 0 Å². The topological polar surface area (TPSA) is 55.1 Å². The molecule has 4 rings (SSSR count). The van der Waals surface area contributed by atoms with Crippen LogP contribution in [0.1, 0.15) is 42.4 Å². The summed E-state index contributed by atoms with van der Waals surface area (Å²) in [6, 6.07) is 28.5. The minimum atomic E-state index is -0.906. The van der Waals surface area contributed by atoms with Gasteiger partial charge >= 0.3 is 5.97 Å². The van der Waals surface area contributed by atoms with Gasteiger partial charge in [-0.3, -0.25) is 0 Å². The largest absolute Gasteiger partial charge is 0.478 e. The number of aryl methyl sites for hydroxylation is 1. The fraction of sp³-hybridized carbons (Fsp3) is 0.200. The third-order valence-electron chi connectivity index (χ3n) is 5.99. The summed E-state index contributed by atoms with van der Waals surface area (Å²) >= 11 is 0. The van der Waals surface area contributed by atoms with E-state index in [9.17, 15) is 9.90 Å². The van der Waals surface area contributed by atoms with Crippen LogP contribution in [0.3, 0.4) is 0 Å². The average molecular weight is 451 g/mol. The van der Waals surface area contributed by atoms with Crippen molar-refractivity contribution in [1.82, 2.24) is 9.55 Å². The first kappa shape index (κ1) is 23.2. The van der Waals surface area contributed by atoms with Crippen LogP contribution in [0.25, 0.3) is 17.2 Å². The van der Waals surface area contributed by atoms with E-state index >= 15 is 0 Å². The summed E-state index contributed by atoms with van der Waals surface area (Å²) in [5.41, 5.74) is 5.67. The van der Waals surface area contributed by atoms with Gasteiger partial charge in [0.2, 0.25) is 0 Å². The molecule has 4 heteroatoms. The second-order valence-corrected chi connectivity index (χ2v) is 8.45. The minimum Gasteiger partial charge on any atom is -0.478 e. The number of imidazole rings is 1. The zero-order valence-electron chi connectivity index (χ0n) is 19.5. The van der Waals surface area contributed by atoms with Crippen molar-refractivity contribution in [3.8, 4) is 11.1 Å². The van der Waals surface area contributed by atoms with Crippen molar-refractivity contribution in [3.63, 3.8) is 0 Å². The Morgan fingerprint density at radius 2 is 1.62 bits per heavy atom. The molecule has 0 spiro atoms. The third kappa shape index (κ3) is 5.70. The van der Waals surface area contributed by atoms with Crippen LogP contribution in [0.2, 0.25) is 0 Å². The van der Waals surface area contributed by atoms with Crippen LogP contribution >= 0.6 is 0 Å². The van der Waals surface area contributed by atoms with Gasteiger partial charge in [0.05, 0.1) is 11.9 Å². The first-order chi connectivity index (χ1) is 16.7. The van der Waals surface area contributed by atoms with E-state index in [4.69, 9.17) is 4.98 Å². The van der Waals surface area contributed by atoms with Crippen LogP contribution in [0.4, 0.5) is 0 Å². The molecule has 0 aliphatic carbocycles. The van der Waals surface area contributed by atoms with Crippen molar-refractivity contribution in [2.75, 3.05) is 0 Å². The lowest BCUT2D eigenvalue weighted by Gasteiger charge is -2.15. The molecule has 0 aliphatic heterocycles. The number of carboxylic acid groups (broad SMARTS) is 1. The average Bonchev–Trinajstić information content (AvgIpc) is 3.24. The number of hydrogen-bond acceptors (Lipinski definition) is 2. The maximum absolute atomic E-state index is 12.1. The van der Waals surface area contributed by atoms with Crippen LogP contribution in [0.15, 0.2) is 96.7 Å². The lowest BCUT2D eigenvalue weighted by atomic mass is 9.99. The minimum absolute atomic E-state index is 0.353. The molecule has 0 saturated carbocycles. The highest BCUT2D eigenvalue weighted by atomic mass is 16.4. The monoisotopic (exact) mass is 450 g/mol. The van der Waals surface area contributed by atoms with Crippen molar-refractivity contribution in [2.45, 2.75) is 39.2 Å². The number of rotatable bonds is 10. The number of carbonyl (C=O) groups is 1. The van der Waals surface area contributed by atoms with Crippen LogP contribution in [0.5, 0.6) is 0 Å². The smallest absolute Gasteiger partial charge is 0.331 e. The molecule has 0 atom stereocenters. The summed E-state index contributed by atoms with van der Waals surface area (Å²) in [4.78, 5) is 16.8. The predicted molar refractivity (Wildman–Crippen MR) is 138 cm³/mol. The van der Waals surface area contributed by atoms with Gasteiger partial charge in [-0.05, 0) is 34.8 Å². The number of carboxylic acids is 1. The summed E-state index contributed by atoms with van der Waals surface area (Å²) in [7, 11) is 0. The molecule has 0 radical (unpaired) electrons. The number of unbranched alkanes of at least 4 members (excludes halogenated alkanes) is 1. The number of aliphatic carboxylic acids is 1. The highest BCUT2D eigenvalue weighted by Crippen LogP contribution is 2.26. The van der Waals surface area contributed by atoms with E-state index in [2.05, 4.69) is 47.9 Å². The highest BCUT2D eigenvalue weighted by Gasteiger charge is 2.15. The third-order valence-corrected chi connectivity index (χ3v) is 5.99. The second kappa shape index (κ2) is 11.3. The Hall–Kier alpha value is -3.92. The lowest BCUT2D eigenvalue weighted by molar-refractivity contribution is -0.132. The molecular weight excluding hydrogens is 420 g/mol. The maximum Gasteiger partial charge on any atom is 0.331 e. The fourth-order valence-electron chi connectivity index (χ4n) is 4.17. The standard InChI is InChI=1S/C30H30N2O2/c1-2-3-18-29-31-21-27(20-26(30(33)34)19-23-12-6-4-7-13-23)32(29)22-25-16-10-11-17-28(25)24-14-8-5-9-15-24/h4-17,20-21H,2-3,18-19,22H2,1H3,(H,33,34)/b26-20+. The Morgan fingerprint density at radius 1 is 0.941 bits per heavy atom. The molecule has 0 unspecified atom stereocenters. The molecule has 0 fully saturated rings. The fourth-order valence-corrected chi connectivity index (χ4v) is 4.17. The quantitative estimate of drug-likeness (QED) is 0.275. The SMILES string of the molecule is CCCCc1ncc(/C=C(\Cc2ccccc2)C(=O)O)n1Cc1ccccc1-c1ccccc1. The van der Waals surface area contributed by atoms with Gasteiger partial charge in [0.1, 0.15) is 5.82 Å². The molecule has 4 aromatic rings. The van der Waals surface area contributed by atoms with Crippen LogP contribution in [-0.2, 0) is 24.2 Å². The van der Waals surface area contributed by atoms with Gasteiger partial charge in [0.25, 0.3) is 0 Å². The highest BCUT2D eigenvalue weighted by molar-refractivity contribution is 5.92. The van der Waals surface area contributed by atoms with E-state index in [1.807, 2.05) is 54.7 Å². The predicted octanol–water partition coefficient (Wildman–Crippen LogP) is 6.65. The first-order valence-electron chi connectivity index (χ1n) is 11.8. The zero-order valence-corrected chi connectivity index (χ0v) is 19.5. The molecule has 1 N–H and O–H groups in total. The molecule has 0 aliphatic rings. The Balaban J connectivity index is 1.74. The normalized spacial score (nSPS) is 11.5. The van der Waals surface area contributed by atoms with Crippen molar-refractivity contribution in [1.29, 1.82) is 0 Å². The molecule has 1 heterocycles. The van der Waals surface area contributed by atoms with Gasteiger partial charge in [-0.25, -0.2) is 9.78 Å². The van der Waals surface area contributed by atoms with Crippen molar-refractivity contribution in [2.24, 2.45) is 0 Å². The van der Waals surface area contributed by atoms with Crippen molar-refractivity contribution in [3.05, 3.63) is 119 Å². The van der Waals surface area contributed by atoms with Crippen LogP contribution < -0.4 is 0 Å². The Labute approximate surface area is 201 Å². The molecule has 172 valence electrons. The lowest BCUT2D eigenvalue weighted by Crippen LogP contribution is -2.10. The Bertz CT molecular complexity index is 1260. The van der Waals surface area contributed by atoms with Gasteiger partial charge in [0.15, 0.2) is 0 Å². The van der Waals surface area contributed by atoms with E-state index < -0.39 is 5.97 Å². The summed E-state index contributed by atoms with van der Waals surface area (Å²) < 4.78 is 2.17. The number of benzene rings is 3. The molecule has 0 amide bonds. The van der Waals surface area contributed by atoms with Gasteiger partial charge in [-0.1, -0.05) is 98.3 Å². The van der Waals surface area contributed by atoms with Crippen molar-refractivity contribution >= 4 is 12.0 Å². The number of aromatic nitrogens is 2. The van der Waals surface area contributed by atoms with Gasteiger partial charge < -0.3 is 9.67 Å². The van der Waals surface area contributed by atoms with Gasteiger partial charge in [-0.15, -0.1) is 0 Å². The van der Waals surface area contributed by atoms with Gasteiger partial charge in [-0.2, -0.15) is 0 Å². The molecule has 4 nitrogen and oxygen atoms in total. The summed E-state index contributed by atoms with van der Waals surface area (Å²) in [6.07, 6.45) is 6.93. The summed E-state index contributed by atoms with van der Waals surface area (Å²) in [5.74, 6) is 0.0804. The molecule has 1 aromatic heterocycles. The van der Waals surface area contributed by atoms with Crippen molar-refractivity contribution < 1.29 is 9.90 Å². The molecular formula is C30H30N2O2. The number of hydrogen-bond donors (Lipinski definition) is 1. The number of nitrogens with zero attached hydrogens (tertiary/aromatic N) is 2. The van der Waals surface area contributed by atoms with Crippen LogP contribution in [-0.4, -0.2) is 20.6 Å². The van der Waals surface area contributed by atoms with E-state index in [1.165, 1.54) is 16.7 Å². The van der Waals surface area contributed by atoms with E-state index in [0.29, 0.717) is 18.5 Å². The molecule has 0 bridgehead atoms. The molecule has 0 saturated heterocycles.